The van der Waals surface area contributed by atoms with E-state index in [9.17, 15) is 5.11 Å². The third kappa shape index (κ3) is 2.59. The Balaban J connectivity index is 1.80. The summed E-state index contributed by atoms with van der Waals surface area (Å²) in [4.78, 5) is 3.29. The molecule has 0 aliphatic heterocycles. The van der Waals surface area contributed by atoms with Crippen LogP contribution in [0.15, 0.2) is 70.9 Å². The highest BCUT2D eigenvalue weighted by Gasteiger charge is 2.11. The molecule has 3 aromatic carbocycles. The predicted molar refractivity (Wildman–Crippen MR) is 99.1 cm³/mol. The Bertz CT molecular complexity index is 1130. The molecule has 0 aliphatic rings. The van der Waals surface area contributed by atoms with Crippen molar-refractivity contribution in [1.29, 1.82) is 5.41 Å². The Morgan fingerprint density at radius 2 is 1.68 bits per heavy atom. The van der Waals surface area contributed by atoms with E-state index in [0.717, 1.165) is 21.8 Å². The number of phenols is 1. The number of benzene rings is 3. The number of phenolic OH excluding ortho intramolecular Hbond substituents is 1. The fraction of sp³-hybridized carbons (Fsp3) is 0. The molecule has 0 aliphatic carbocycles. The molecule has 122 valence electrons. The average Bonchev–Trinajstić information content (AvgIpc) is 3.00. The Morgan fingerprint density at radius 1 is 0.920 bits per heavy atom. The fourth-order valence-electron chi connectivity index (χ4n) is 2.81. The molecule has 5 N–H and O–H groups in total. The standard InChI is InChI=1S/C19H15N5O/c20-19(21)11-5-7-12(8-6-11)23-24-18-16(25)10-9-14-13-3-1-2-4-15(13)22-17(14)18/h1-10,22,25H,(H3,20,21)/b24-23+. The van der Waals surface area contributed by atoms with Crippen molar-refractivity contribution in [2.45, 2.75) is 0 Å². The zero-order valence-corrected chi connectivity index (χ0v) is 13.2. The highest BCUT2D eigenvalue weighted by atomic mass is 16.3. The lowest BCUT2D eigenvalue weighted by atomic mass is 10.1. The molecule has 0 spiro atoms. The predicted octanol–water partition coefficient (Wildman–Crippen LogP) is 4.73. The van der Waals surface area contributed by atoms with Crippen LogP contribution in [-0.4, -0.2) is 15.9 Å². The van der Waals surface area contributed by atoms with E-state index in [1.54, 1.807) is 30.3 Å². The lowest BCUT2D eigenvalue weighted by Crippen LogP contribution is -2.10. The van der Waals surface area contributed by atoms with Gasteiger partial charge >= 0.3 is 0 Å². The smallest absolute Gasteiger partial charge is 0.151 e. The van der Waals surface area contributed by atoms with Crippen LogP contribution in [0.4, 0.5) is 11.4 Å². The van der Waals surface area contributed by atoms with Crippen molar-refractivity contribution in [3.05, 3.63) is 66.2 Å². The van der Waals surface area contributed by atoms with Crippen molar-refractivity contribution < 1.29 is 5.11 Å². The van der Waals surface area contributed by atoms with Gasteiger partial charge < -0.3 is 15.8 Å². The van der Waals surface area contributed by atoms with E-state index in [1.807, 2.05) is 30.3 Å². The van der Waals surface area contributed by atoms with Gasteiger partial charge in [0.25, 0.3) is 0 Å². The van der Waals surface area contributed by atoms with E-state index >= 15 is 0 Å². The second-order valence-corrected chi connectivity index (χ2v) is 5.69. The molecule has 1 heterocycles. The van der Waals surface area contributed by atoms with E-state index in [-0.39, 0.29) is 11.6 Å². The molecular weight excluding hydrogens is 314 g/mol. The van der Waals surface area contributed by atoms with Crippen LogP contribution in [0.25, 0.3) is 21.8 Å². The van der Waals surface area contributed by atoms with Gasteiger partial charge in [-0.2, -0.15) is 5.11 Å². The zero-order valence-electron chi connectivity index (χ0n) is 13.2. The Labute approximate surface area is 143 Å². The quantitative estimate of drug-likeness (QED) is 0.247. The molecule has 0 atom stereocenters. The maximum atomic E-state index is 10.2. The highest BCUT2D eigenvalue weighted by molar-refractivity contribution is 6.11. The molecule has 4 rings (SSSR count). The minimum atomic E-state index is 0.00368. The number of nitrogen functional groups attached to an aromatic ring is 1. The summed E-state index contributed by atoms with van der Waals surface area (Å²) in [5.41, 5.74) is 8.78. The first kappa shape index (κ1) is 14.9. The van der Waals surface area contributed by atoms with Crippen LogP contribution in [-0.2, 0) is 0 Å². The van der Waals surface area contributed by atoms with Gasteiger partial charge in [-0.25, -0.2) is 0 Å². The number of fused-ring (bicyclic) bond motifs is 3. The van der Waals surface area contributed by atoms with Gasteiger partial charge in [-0.05, 0) is 42.5 Å². The summed E-state index contributed by atoms with van der Waals surface area (Å²) in [5, 5.41) is 28.1. The van der Waals surface area contributed by atoms with E-state index in [0.29, 0.717) is 16.9 Å². The Hall–Kier alpha value is -3.67. The number of nitrogens with one attached hydrogen (secondary N) is 2. The highest BCUT2D eigenvalue weighted by Crippen LogP contribution is 2.38. The maximum absolute atomic E-state index is 10.2. The van der Waals surface area contributed by atoms with Gasteiger partial charge in [-0.3, -0.25) is 5.41 Å². The van der Waals surface area contributed by atoms with Crippen LogP contribution >= 0.6 is 0 Å². The monoisotopic (exact) mass is 329 g/mol. The van der Waals surface area contributed by atoms with Gasteiger partial charge in [0.2, 0.25) is 0 Å². The number of aromatic amines is 1. The van der Waals surface area contributed by atoms with E-state index < -0.39 is 0 Å². The van der Waals surface area contributed by atoms with Gasteiger partial charge in [-0.1, -0.05) is 18.2 Å². The third-order valence-electron chi connectivity index (χ3n) is 4.08. The molecule has 0 bridgehead atoms. The van der Waals surface area contributed by atoms with Crippen molar-refractivity contribution in [2.75, 3.05) is 0 Å². The van der Waals surface area contributed by atoms with Crippen molar-refractivity contribution in [1.82, 2.24) is 4.98 Å². The summed E-state index contributed by atoms with van der Waals surface area (Å²) < 4.78 is 0. The molecule has 0 saturated heterocycles. The maximum Gasteiger partial charge on any atom is 0.151 e. The summed E-state index contributed by atoms with van der Waals surface area (Å²) >= 11 is 0. The number of aromatic nitrogens is 1. The fourth-order valence-corrected chi connectivity index (χ4v) is 2.81. The largest absolute Gasteiger partial charge is 0.506 e. The normalized spacial score (nSPS) is 11.5. The SMILES string of the molecule is N=C(N)c1ccc(/N=N/c2c(O)ccc3c2[nH]c2ccccc23)cc1. The van der Waals surface area contributed by atoms with Crippen molar-refractivity contribution in [3.8, 4) is 5.75 Å². The van der Waals surface area contributed by atoms with Gasteiger partial charge in [0.1, 0.15) is 11.6 Å². The summed E-state index contributed by atoms with van der Waals surface area (Å²) in [5.74, 6) is 0.0622. The van der Waals surface area contributed by atoms with Crippen LogP contribution < -0.4 is 5.73 Å². The summed E-state index contributed by atoms with van der Waals surface area (Å²) in [7, 11) is 0. The molecule has 0 saturated carbocycles. The number of hydrogen-bond acceptors (Lipinski definition) is 4. The molecule has 0 amide bonds. The second kappa shape index (κ2) is 5.76. The molecular formula is C19H15N5O. The number of amidine groups is 1. The average molecular weight is 329 g/mol. The van der Waals surface area contributed by atoms with Crippen LogP contribution in [0.1, 0.15) is 5.56 Å². The number of nitrogens with zero attached hydrogens (tertiary/aromatic N) is 2. The van der Waals surface area contributed by atoms with E-state index in [2.05, 4.69) is 15.2 Å². The first-order valence-electron chi connectivity index (χ1n) is 7.72. The first-order chi connectivity index (χ1) is 12.1. The first-order valence-corrected chi connectivity index (χ1v) is 7.72. The minimum Gasteiger partial charge on any atom is -0.506 e. The summed E-state index contributed by atoms with van der Waals surface area (Å²) in [6.45, 7) is 0. The van der Waals surface area contributed by atoms with Crippen LogP contribution in [0.3, 0.4) is 0 Å². The molecule has 25 heavy (non-hydrogen) atoms. The molecule has 0 unspecified atom stereocenters. The summed E-state index contributed by atoms with van der Waals surface area (Å²) in [6.07, 6.45) is 0. The lowest BCUT2D eigenvalue weighted by Gasteiger charge is -2.01. The number of hydrogen-bond donors (Lipinski definition) is 4. The number of aromatic hydroxyl groups is 1. The molecule has 1 aromatic heterocycles. The zero-order chi connectivity index (χ0) is 17.4. The molecule has 6 heteroatoms. The number of azo groups is 1. The topological polar surface area (TPSA) is 111 Å². The van der Waals surface area contributed by atoms with Crippen LogP contribution in [0.5, 0.6) is 5.75 Å². The molecule has 0 radical (unpaired) electrons. The van der Waals surface area contributed by atoms with Gasteiger partial charge in [0, 0.05) is 21.9 Å². The Morgan fingerprint density at radius 3 is 2.44 bits per heavy atom. The molecule has 4 aromatic rings. The number of nitrogens with two attached hydrogens (primary N) is 1. The molecule has 6 nitrogen and oxygen atoms in total. The van der Waals surface area contributed by atoms with Crippen molar-refractivity contribution in [3.63, 3.8) is 0 Å². The lowest BCUT2D eigenvalue weighted by molar-refractivity contribution is 0.477. The Kier molecular flexibility index (Phi) is 3.43. The second-order valence-electron chi connectivity index (χ2n) is 5.69. The van der Waals surface area contributed by atoms with Crippen LogP contribution in [0.2, 0.25) is 0 Å². The van der Waals surface area contributed by atoms with E-state index in [4.69, 9.17) is 11.1 Å². The van der Waals surface area contributed by atoms with Gasteiger partial charge in [0.15, 0.2) is 5.69 Å². The molecule has 0 fully saturated rings. The van der Waals surface area contributed by atoms with Gasteiger partial charge in [-0.15, -0.1) is 5.11 Å². The number of rotatable bonds is 3. The third-order valence-corrected chi connectivity index (χ3v) is 4.08. The van der Waals surface area contributed by atoms with Crippen molar-refractivity contribution in [2.24, 2.45) is 16.0 Å². The minimum absolute atomic E-state index is 0.00368. The summed E-state index contributed by atoms with van der Waals surface area (Å²) in [6, 6.07) is 18.3. The van der Waals surface area contributed by atoms with E-state index in [1.165, 1.54) is 0 Å². The number of para-hydroxylation sites is 1. The van der Waals surface area contributed by atoms with Gasteiger partial charge in [0.05, 0.1) is 11.2 Å². The van der Waals surface area contributed by atoms with Crippen LogP contribution in [0, 0.1) is 5.41 Å². The van der Waals surface area contributed by atoms with Crippen molar-refractivity contribution >= 4 is 39.0 Å². The number of H-pyrrole nitrogens is 1.